The summed E-state index contributed by atoms with van der Waals surface area (Å²) in [6.45, 7) is 5.24. The number of aryl methyl sites for hydroxylation is 2. The Morgan fingerprint density at radius 1 is 1.05 bits per heavy atom. The fourth-order valence-electron chi connectivity index (χ4n) is 3.15. The first kappa shape index (κ1) is 15.3. The van der Waals surface area contributed by atoms with Crippen LogP contribution in [0.25, 0.3) is 0 Å². The Morgan fingerprint density at radius 3 is 2.15 bits per heavy atom. The molecule has 0 unspecified atom stereocenters. The van der Waals surface area contributed by atoms with Crippen molar-refractivity contribution in [3.63, 3.8) is 0 Å². The normalized spacial score (nSPS) is 18.8. The quantitative estimate of drug-likeness (QED) is 0.741. The maximum Gasteiger partial charge on any atom is 0.121 e. The highest BCUT2D eigenvalue weighted by molar-refractivity contribution is 5.42. The van der Waals surface area contributed by atoms with Gasteiger partial charge in [0.25, 0.3) is 0 Å². The number of phenols is 1. The number of phenolic OH excluding ortho intramolecular Hbond substituents is 1. The topological polar surface area (TPSA) is 52.5 Å². The van der Waals surface area contributed by atoms with Crippen molar-refractivity contribution in [2.24, 2.45) is 0 Å². The van der Waals surface area contributed by atoms with Gasteiger partial charge < -0.3 is 15.5 Å². The summed E-state index contributed by atoms with van der Waals surface area (Å²) in [6.07, 6.45) is 6.59. The Hall–Kier alpha value is -1.06. The Bertz CT molecular complexity index is 425. The van der Waals surface area contributed by atoms with E-state index in [-0.39, 0.29) is 0 Å². The number of benzene rings is 1. The van der Waals surface area contributed by atoms with Crippen LogP contribution in [0.15, 0.2) is 12.1 Å². The van der Waals surface area contributed by atoms with Gasteiger partial charge >= 0.3 is 0 Å². The van der Waals surface area contributed by atoms with E-state index in [1.807, 2.05) is 26.0 Å². The molecule has 1 aromatic carbocycles. The molecule has 3 nitrogen and oxygen atoms in total. The van der Waals surface area contributed by atoms with Gasteiger partial charge in [0, 0.05) is 13.1 Å². The van der Waals surface area contributed by atoms with E-state index in [9.17, 15) is 10.2 Å². The van der Waals surface area contributed by atoms with E-state index in [4.69, 9.17) is 0 Å². The fraction of sp³-hybridized carbons (Fsp3) is 0.647. The lowest BCUT2D eigenvalue weighted by molar-refractivity contribution is 0.0250. The van der Waals surface area contributed by atoms with Gasteiger partial charge in [0.2, 0.25) is 0 Å². The molecule has 20 heavy (non-hydrogen) atoms. The van der Waals surface area contributed by atoms with Gasteiger partial charge in [-0.3, -0.25) is 0 Å². The van der Waals surface area contributed by atoms with Crippen molar-refractivity contribution >= 4 is 0 Å². The predicted octanol–water partition coefficient (Wildman–Crippen LogP) is 3.18. The van der Waals surface area contributed by atoms with Crippen LogP contribution in [0.5, 0.6) is 5.75 Å². The SMILES string of the molecule is Cc1cc(CNCC2(O)CCCCCC2)cc(C)c1O. The second kappa shape index (κ2) is 6.59. The van der Waals surface area contributed by atoms with Crippen molar-refractivity contribution in [1.82, 2.24) is 5.32 Å². The minimum Gasteiger partial charge on any atom is -0.507 e. The summed E-state index contributed by atoms with van der Waals surface area (Å²) in [5, 5.41) is 23.7. The molecule has 0 radical (unpaired) electrons. The fourth-order valence-corrected chi connectivity index (χ4v) is 3.15. The van der Waals surface area contributed by atoms with E-state index >= 15 is 0 Å². The molecule has 0 amide bonds. The van der Waals surface area contributed by atoms with E-state index in [2.05, 4.69) is 5.32 Å². The van der Waals surface area contributed by atoms with Gasteiger partial charge in [0.15, 0.2) is 0 Å². The Balaban J connectivity index is 1.89. The van der Waals surface area contributed by atoms with Gasteiger partial charge in [-0.1, -0.05) is 37.8 Å². The van der Waals surface area contributed by atoms with Gasteiger partial charge in [-0.15, -0.1) is 0 Å². The molecule has 0 saturated heterocycles. The van der Waals surface area contributed by atoms with Crippen molar-refractivity contribution in [3.05, 3.63) is 28.8 Å². The largest absolute Gasteiger partial charge is 0.507 e. The summed E-state index contributed by atoms with van der Waals surface area (Å²) in [4.78, 5) is 0. The highest BCUT2D eigenvalue weighted by Crippen LogP contribution is 2.27. The Morgan fingerprint density at radius 2 is 1.60 bits per heavy atom. The van der Waals surface area contributed by atoms with Crippen LogP contribution >= 0.6 is 0 Å². The second-order valence-corrected chi connectivity index (χ2v) is 6.32. The van der Waals surface area contributed by atoms with E-state index in [0.717, 1.165) is 48.9 Å². The van der Waals surface area contributed by atoms with Crippen LogP contribution in [0.3, 0.4) is 0 Å². The van der Waals surface area contributed by atoms with Crippen molar-refractivity contribution in [3.8, 4) is 5.75 Å². The molecule has 0 spiro atoms. The average molecular weight is 277 g/mol. The first-order chi connectivity index (χ1) is 9.50. The molecule has 1 fully saturated rings. The highest BCUT2D eigenvalue weighted by Gasteiger charge is 2.27. The lowest BCUT2D eigenvalue weighted by Crippen LogP contribution is -2.39. The van der Waals surface area contributed by atoms with Gasteiger partial charge in [0.1, 0.15) is 5.75 Å². The number of rotatable bonds is 4. The summed E-state index contributed by atoms with van der Waals surface area (Å²) in [7, 11) is 0. The lowest BCUT2D eigenvalue weighted by atomic mass is 9.94. The van der Waals surface area contributed by atoms with Gasteiger partial charge in [-0.25, -0.2) is 0 Å². The highest BCUT2D eigenvalue weighted by atomic mass is 16.3. The summed E-state index contributed by atoms with van der Waals surface area (Å²) in [5.41, 5.74) is 2.46. The van der Waals surface area contributed by atoms with Crippen LogP contribution < -0.4 is 5.32 Å². The standard InChI is InChI=1S/C17H27NO2/c1-13-9-15(10-14(2)16(13)19)11-18-12-17(20)7-5-3-4-6-8-17/h9-10,18-20H,3-8,11-12H2,1-2H3. The van der Waals surface area contributed by atoms with Crippen LogP contribution in [0.4, 0.5) is 0 Å². The minimum atomic E-state index is -0.530. The monoisotopic (exact) mass is 277 g/mol. The van der Waals surface area contributed by atoms with Crippen LogP contribution in [-0.2, 0) is 6.54 Å². The smallest absolute Gasteiger partial charge is 0.121 e. The molecule has 0 aromatic heterocycles. The molecule has 1 aliphatic rings. The van der Waals surface area contributed by atoms with Crippen molar-refractivity contribution in [1.29, 1.82) is 0 Å². The van der Waals surface area contributed by atoms with Crippen LogP contribution in [0.2, 0.25) is 0 Å². The molecule has 0 atom stereocenters. The van der Waals surface area contributed by atoms with E-state index in [1.54, 1.807) is 0 Å². The zero-order chi connectivity index (χ0) is 14.6. The summed E-state index contributed by atoms with van der Waals surface area (Å²) < 4.78 is 0. The summed E-state index contributed by atoms with van der Waals surface area (Å²) >= 11 is 0. The van der Waals surface area contributed by atoms with Crippen LogP contribution in [-0.4, -0.2) is 22.4 Å². The molecule has 0 heterocycles. The first-order valence-electron chi connectivity index (χ1n) is 7.72. The molecule has 1 saturated carbocycles. The number of hydrogen-bond donors (Lipinski definition) is 3. The van der Waals surface area contributed by atoms with Crippen molar-refractivity contribution < 1.29 is 10.2 Å². The summed E-state index contributed by atoms with van der Waals surface area (Å²) in [6, 6.07) is 4.01. The Kier molecular flexibility index (Phi) is 5.06. The summed E-state index contributed by atoms with van der Waals surface area (Å²) in [5.74, 6) is 0.385. The average Bonchev–Trinajstić information content (AvgIpc) is 2.61. The molecular weight excluding hydrogens is 250 g/mol. The predicted molar refractivity (Wildman–Crippen MR) is 81.9 cm³/mol. The second-order valence-electron chi connectivity index (χ2n) is 6.32. The lowest BCUT2D eigenvalue weighted by Gasteiger charge is -2.27. The molecule has 0 aliphatic heterocycles. The molecule has 3 heteroatoms. The maximum atomic E-state index is 10.6. The van der Waals surface area contributed by atoms with Gasteiger partial charge in [0.05, 0.1) is 5.60 Å². The van der Waals surface area contributed by atoms with E-state index in [0.29, 0.717) is 12.3 Å². The Labute approximate surface area is 122 Å². The molecular formula is C17H27NO2. The number of nitrogens with one attached hydrogen (secondary N) is 1. The van der Waals surface area contributed by atoms with E-state index < -0.39 is 5.60 Å². The first-order valence-corrected chi connectivity index (χ1v) is 7.72. The maximum absolute atomic E-state index is 10.6. The number of aromatic hydroxyl groups is 1. The van der Waals surface area contributed by atoms with Crippen LogP contribution in [0, 0.1) is 13.8 Å². The van der Waals surface area contributed by atoms with Crippen LogP contribution in [0.1, 0.15) is 55.2 Å². The third-order valence-corrected chi connectivity index (χ3v) is 4.37. The third-order valence-electron chi connectivity index (χ3n) is 4.37. The number of hydrogen-bond acceptors (Lipinski definition) is 3. The molecule has 112 valence electrons. The van der Waals surface area contributed by atoms with Crippen molar-refractivity contribution in [2.75, 3.05) is 6.54 Å². The number of aliphatic hydroxyl groups is 1. The minimum absolute atomic E-state index is 0.385. The van der Waals surface area contributed by atoms with Gasteiger partial charge in [-0.05, 0) is 43.4 Å². The molecule has 3 N–H and O–H groups in total. The molecule has 1 aromatic rings. The van der Waals surface area contributed by atoms with Crippen molar-refractivity contribution in [2.45, 2.75) is 64.5 Å². The van der Waals surface area contributed by atoms with Gasteiger partial charge in [-0.2, -0.15) is 0 Å². The molecule has 1 aliphatic carbocycles. The third kappa shape index (κ3) is 3.97. The molecule has 0 bridgehead atoms. The van der Waals surface area contributed by atoms with E-state index in [1.165, 1.54) is 12.8 Å². The zero-order valence-electron chi connectivity index (χ0n) is 12.7. The zero-order valence-corrected chi connectivity index (χ0v) is 12.7. The molecule has 2 rings (SSSR count).